The molecule has 0 saturated carbocycles. The summed E-state index contributed by atoms with van der Waals surface area (Å²) in [5, 5.41) is 3.15. The molecule has 128 valence electrons. The van der Waals surface area contributed by atoms with Crippen LogP contribution in [0.2, 0.25) is 0 Å². The highest BCUT2D eigenvalue weighted by Gasteiger charge is 2.19. The van der Waals surface area contributed by atoms with Gasteiger partial charge in [-0.2, -0.15) is 0 Å². The number of benzene rings is 2. The van der Waals surface area contributed by atoms with Gasteiger partial charge in [0.2, 0.25) is 0 Å². The number of aryl methyl sites for hydroxylation is 2. The fourth-order valence-electron chi connectivity index (χ4n) is 2.86. The van der Waals surface area contributed by atoms with Crippen LogP contribution in [0.4, 0.5) is 0 Å². The van der Waals surface area contributed by atoms with Crippen molar-refractivity contribution in [2.75, 3.05) is 0 Å². The Balaban J connectivity index is 2.24. The van der Waals surface area contributed by atoms with Gasteiger partial charge in [-0.15, -0.1) is 0 Å². The summed E-state index contributed by atoms with van der Waals surface area (Å²) in [6.07, 6.45) is 0.864. The van der Waals surface area contributed by atoms with Crippen molar-refractivity contribution in [2.24, 2.45) is 0 Å². The maximum absolute atomic E-state index is 12.8. The molecule has 3 nitrogen and oxygen atoms in total. The molecule has 0 heterocycles. The molecule has 1 N–H and O–H groups in total. The number of carbonyl (C=O) groups is 1. The van der Waals surface area contributed by atoms with Gasteiger partial charge < -0.3 is 10.1 Å². The third-order valence-corrected chi connectivity index (χ3v) is 4.01. The van der Waals surface area contributed by atoms with Gasteiger partial charge in [0.15, 0.2) is 0 Å². The molecule has 1 atom stereocenters. The first-order chi connectivity index (χ1) is 11.4. The van der Waals surface area contributed by atoms with Crippen molar-refractivity contribution in [3.05, 3.63) is 64.7 Å². The molecule has 0 aliphatic rings. The lowest BCUT2D eigenvalue weighted by Crippen LogP contribution is -2.29. The van der Waals surface area contributed by atoms with Gasteiger partial charge in [-0.3, -0.25) is 4.79 Å². The largest absolute Gasteiger partial charge is 0.490 e. The van der Waals surface area contributed by atoms with Crippen LogP contribution in [0.15, 0.2) is 42.5 Å². The van der Waals surface area contributed by atoms with Crippen molar-refractivity contribution in [2.45, 2.75) is 53.2 Å². The van der Waals surface area contributed by atoms with E-state index in [4.69, 9.17) is 4.74 Å². The minimum atomic E-state index is -0.0990. The lowest BCUT2D eigenvalue weighted by molar-refractivity contribution is 0.0929. The molecule has 2 rings (SSSR count). The molecule has 2 aromatic carbocycles. The van der Waals surface area contributed by atoms with Crippen LogP contribution in [0, 0.1) is 13.8 Å². The van der Waals surface area contributed by atoms with E-state index in [1.807, 2.05) is 38.1 Å². The highest BCUT2D eigenvalue weighted by atomic mass is 16.5. The predicted molar refractivity (Wildman–Crippen MR) is 98.6 cm³/mol. The fraction of sp³-hybridized carbons (Fsp3) is 0.381. The Kier molecular flexibility index (Phi) is 6.02. The second-order valence-electron chi connectivity index (χ2n) is 6.46. The van der Waals surface area contributed by atoms with E-state index >= 15 is 0 Å². The number of amides is 1. The van der Waals surface area contributed by atoms with E-state index in [2.05, 4.69) is 44.3 Å². The SMILES string of the molecule is CCC(NC(=O)c1ccccc1OC(C)C)c1ccc(C)cc1C. The molecule has 0 aromatic heterocycles. The Morgan fingerprint density at radius 1 is 1.12 bits per heavy atom. The smallest absolute Gasteiger partial charge is 0.255 e. The molecule has 0 aliphatic carbocycles. The topological polar surface area (TPSA) is 38.3 Å². The van der Waals surface area contributed by atoms with Crippen LogP contribution in [0.1, 0.15) is 60.3 Å². The summed E-state index contributed by atoms with van der Waals surface area (Å²) < 4.78 is 5.77. The Bertz CT molecular complexity index is 707. The molecular formula is C21H27NO2. The first-order valence-corrected chi connectivity index (χ1v) is 8.56. The average Bonchev–Trinajstić information content (AvgIpc) is 2.53. The average molecular weight is 325 g/mol. The van der Waals surface area contributed by atoms with Crippen LogP contribution < -0.4 is 10.1 Å². The summed E-state index contributed by atoms with van der Waals surface area (Å²) in [5.74, 6) is 0.526. The van der Waals surface area contributed by atoms with Crippen LogP contribution in [-0.2, 0) is 0 Å². The van der Waals surface area contributed by atoms with Gasteiger partial charge in [0.1, 0.15) is 5.75 Å². The number of hydrogen-bond acceptors (Lipinski definition) is 2. The molecule has 1 unspecified atom stereocenters. The lowest BCUT2D eigenvalue weighted by atomic mass is 9.97. The van der Waals surface area contributed by atoms with Gasteiger partial charge >= 0.3 is 0 Å². The van der Waals surface area contributed by atoms with Gasteiger partial charge in [0, 0.05) is 0 Å². The molecule has 0 radical (unpaired) electrons. The zero-order valence-electron chi connectivity index (χ0n) is 15.2. The summed E-state index contributed by atoms with van der Waals surface area (Å²) in [7, 11) is 0. The second-order valence-corrected chi connectivity index (χ2v) is 6.46. The van der Waals surface area contributed by atoms with Crippen molar-refractivity contribution in [3.8, 4) is 5.75 Å². The second kappa shape index (κ2) is 8.00. The zero-order valence-corrected chi connectivity index (χ0v) is 15.2. The molecule has 1 amide bonds. The fourth-order valence-corrected chi connectivity index (χ4v) is 2.86. The molecule has 3 heteroatoms. The van der Waals surface area contributed by atoms with E-state index < -0.39 is 0 Å². The Hall–Kier alpha value is -2.29. The van der Waals surface area contributed by atoms with Crippen LogP contribution >= 0.6 is 0 Å². The van der Waals surface area contributed by atoms with E-state index in [-0.39, 0.29) is 18.1 Å². The maximum atomic E-state index is 12.8. The Labute approximate surface area is 145 Å². The van der Waals surface area contributed by atoms with Gasteiger partial charge in [-0.05, 0) is 57.4 Å². The minimum Gasteiger partial charge on any atom is -0.490 e. The van der Waals surface area contributed by atoms with Crippen LogP contribution in [0.5, 0.6) is 5.75 Å². The molecule has 24 heavy (non-hydrogen) atoms. The number of para-hydroxylation sites is 1. The molecular weight excluding hydrogens is 298 g/mol. The highest BCUT2D eigenvalue weighted by Crippen LogP contribution is 2.24. The summed E-state index contributed by atoms with van der Waals surface area (Å²) in [4.78, 5) is 12.8. The lowest BCUT2D eigenvalue weighted by Gasteiger charge is -2.21. The third-order valence-electron chi connectivity index (χ3n) is 4.01. The Morgan fingerprint density at radius 2 is 1.83 bits per heavy atom. The number of rotatable bonds is 6. The molecule has 0 spiro atoms. The van der Waals surface area contributed by atoms with Gasteiger partial charge in [0.25, 0.3) is 5.91 Å². The van der Waals surface area contributed by atoms with E-state index in [0.717, 1.165) is 6.42 Å². The minimum absolute atomic E-state index is 0.00907. The summed E-state index contributed by atoms with van der Waals surface area (Å²) >= 11 is 0. The first kappa shape index (κ1) is 18.1. The summed E-state index contributed by atoms with van der Waals surface area (Å²) in [6, 6.07) is 13.7. The highest BCUT2D eigenvalue weighted by molar-refractivity contribution is 5.97. The molecule has 0 bridgehead atoms. The van der Waals surface area contributed by atoms with E-state index in [9.17, 15) is 4.79 Å². The molecule has 2 aromatic rings. The Morgan fingerprint density at radius 3 is 2.46 bits per heavy atom. The number of hydrogen-bond donors (Lipinski definition) is 1. The van der Waals surface area contributed by atoms with Crippen molar-refractivity contribution in [1.82, 2.24) is 5.32 Å². The van der Waals surface area contributed by atoms with Gasteiger partial charge in [0.05, 0.1) is 17.7 Å². The van der Waals surface area contributed by atoms with Gasteiger partial charge in [-0.25, -0.2) is 0 Å². The van der Waals surface area contributed by atoms with Crippen molar-refractivity contribution < 1.29 is 9.53 Å². The van der Waals surface area contributed by atoms with Crippen molar-refractivity contribution in [3.63, 3.8) is 0 Å². The van der Waals surface area contributed by atoms with E-state index in [0.29, 0.717) is 11.3 Å². The third kappa shape index (κ3) is 4.38. The standard InChI is InChI=1S/C21H27NO2/c1-6-19(17-12-11-15(4)13-16(17)5)22-21(23)18-9-7-8-10-20(18)24-14(2)3/h7-14,19H,6H2,1-5H3,(H,22,23). The van der Waals surface area contributed by atoms with E-state index in [1.54, 1.807) is 0 Å². The van der Waals surface area contributed by atoms with Crippen LogP contribution in [0.25, 0.3) is 0 Å². The van der Waals surface area contributed by atoms with Crippen molar-refractivity contribution >= 4 is 5.91 Å². The molecule has 0 saturated heterocycles. The quantitative estimate of drug-likeness (QED) is 0.814. The number of ether oxygens (including phenoxy) is 1. The summed E-state index contributed by atoms with van der Waals surface area (Å²) in [5.41, 5.74) is 4.18. The van der Waals surface area contributed by atoms with Crippen molar-refractivity contribution in [1.29, 1.82) is 0 Å². The first-order valence-electron chi connectivity index (χ1n) is 8.56. The molecule has 0 aliphatic heterocycles. The normalized spacial score (nSPS) is 12.1. The monoisotopic (exact) mass is 325 g/mol. The number of carbonyl (C=O) groups excluding carboxylic acids is 1. The van der Waals surface area contributed by atoms with Crippen LogP contribution in [-0.4, -0.2) is 12.0 Å². The number of nitrogens with one attached hydrogen (secondary N) is 1. The maximum Gasteiger partial charge on any atom is 0.255 e. The zero-order chi connectivity index (χ0) is 17.7. The predicted octanol–water partition coefficient (Wildman–Crippen LogP) is 4.97. The molecule has 0 fully saturated rings. The summed E-state index contributed by atoms with van der Waals surface area (Å²) in [6.45, 7) is 10.2. The van der Waals surface area contributed by atoms with Gasteiger partial charge in [-0.1, -0.05) is 42.8 Å². The van der Waals surface area contributed by atoms with Crippen LogP contribution in [0.3, 0.4) is 0 Å². The van der Waals surface area contributed by atoms with E-state index in [1.165, 1.54) is 16.7 Å².